The third-order valence-electron chi connectivity index (χ3n) is 4.38. The summed E-state index contributed by atoms with van der Waals surface area (Å²) >= 11 is 0. The van der Waals surface area contributed by atoms with E-state index in [4.69, 9.17) is 4.74 Å². The second-order valence-corrected chi connectivity index (χ2v) is 5.89. The molecule has 4 nitrogen and oxygen atoms in total. The molecule has 2 heterocycles. The van der Waals surface area contributed by atoms with Crippen LogP contribution in [0.5, 0.6) is 0 Å². The van der Waals surface area contributed by atoms with Gasteiger partial charge in [0, 0.05) is 32.2 Å². The van der Waals surface area contributed by atoms with Crippen molar-refractivity contribution in [2.75, 3.05) is 59.5 Å². The molecule has 4 heteroatoms. The first-order valence-electron chi connectivity index (χ1n) is 7.47. The third kappa shape index (κ3) is 4.50. The minimum atomic E-state index is 0.651. The Balaban J connectivity index is 1.68. The molecule has 2 aliphatic rings. The molecule has 2 saturated heterocycles. The van der Waals surface area contributed by atoms with E-state index < -0.39 is 0 Å². The van der Waals surface area contributed by atoms with Crippen LogP contribution in [0.25, 0.3) is 0 Å². The van der Waals surface area contributed by atoms with Crippen molar-refractivity contribution in [3.8, 4) is 0 Å². The number of morpholine rings is 1. The van der Waals surface area contributed by atoms with Crippen molar-refractivity contribution in [1.29, 1.82) is 0 Å². The van der Waals surface area contributed by atoms with Crippen molar-refractivity contribution < 1.29 is 4.74 Å². The van der Waals surface area contributed by atoms with Gasteiger partial charge in [-0.1, -0.05) is 0 Å². The summed E-state index contributed by atoms with van der Waals surface area (Å²) in [5.74, 6) is 0.892. The molecular formula is C14H29N3O. The van der Waals surface area contributed by atoms with E-state index in [0.29, 0.717) is 6.04 Å². The number of piperidine rings is 1. The highest BCUT2D eigenvalue weighted by Gasteiger charge is 2.20. The molecule has 2 fully saturated rings. The standard InChI is InChI=1S/C14H29N3O/c1-13(11-17-7-9-18-10-8-17)16(2)12-14-3-5-15-6-4-14/h13-15H,3-12H2,1-2H3. The number of hydrogen-bond donors (Lipinski definition) is 1. The smallest absolute Gasteiger partial charge is 0.0594 e. The Bertz CT molecular complexity index is 201. The lowest BCUT2D eigenvalue weighted by Crippen LogP contribution is -2.46. The van der Waals surface area contributed by atoms with E-state index in [1.807, 2.05) is 0 Å². The van der Waals surface area contributed by atoms with Gasteiger partial charge in [-0.3, -0.25) is 4.90 Å². The Hall–Kier alpha value is -0.160. The molecule has 0 spiro atoms. The van der Waals surface area contributed by atoms with Crippen LogP contribution in [-0.2, 0) is 4.74 Å². The zero-order valence-electron chi connectivity index (χ0n) is 12.0. The summed E-state index contributed by atoms with van der Waals surface area (Å²) in [5, 5.41) is 3.44. The predicted octanol–water partition coefficient (Wildman–Crippen LogP) is 0.639. The van der Waals surface area contributed by atoms with Crippen LogP contribution in [0, 0.1) is 5.92 Å². The van der Waals surface area contributed by atoms with E-state index >= 15 is 0 Å². The van der Waals surface area contributed by atoms with Crippen molar-refractivity contribution in [2.24, 2.45) is 5.92 Å². The van der Waals surface area contributed by atoms with Gasteiger partial charge in [0.25, 0.3) is 0 Å². The lowest BCUT2D eigenvalue weighted by atomic mass is 9.97. The van der Waals surface area contributed by atoms with Gasteiger partial charge in [-0.25, -0.2) is 0 Å². The monoisotopic (exact) mass is 255 g/mol. The van der Waals surface area contributed by atoms with Gasteiger partial charge in [-0.2, -0.15) is 0 Å². The van der Waals surface area contributed by atoms with Gasteiger partial charge in [0.1, 0.15) is 0 Å². The summed E-state index contributed by atoms with van der Waals surface area (Å²) in [7, 11) is 2.28. The fourth-order valence-electron chi connectivity index (χ4n) is 2.95. The lowest BCUT2D eigenvalue weighted by Gasteiger charge is -2.35. The quantitative estimate of drug-likeness (QED) is 0.780. The van der Waals surface area contributed by atoms with Gasteiger partial charge in [0.2, 0.25) is 0 Å². The van der Waals surface area contributed by atoms with Crippen LogP contribution in [0.2, 0.25) is 0 Å². The summed E-state index contributed by atoms with van der Waals surface area (Å²) in [6, 6.07) is 0.651. The van der Waals surface area contributed by atoms with Gasteiger partial charge in [-0.15, -0.1) is 0 Å². The third-order valence-corrected chi connectivity index (χ3v) is 4.38. The van der Waals surface area contributed by atoms with Gasteiger partial charge in [0.15, 0.2) is 0 Å². The van der Waals surface area contributed by atoms with E-state index in [1.54, 1.807) is 0 Å². The van der Waals surface area contributed by atoms with Crippen LogP contribution < -0.4 is 5.32 Å². The van der Waals surface area contributed by atoms with Crippen molar-refractivity contribution in [3.63, 3.8) is 0 Å². The molecule has 0 aliphatic carbocycles. The number of rotatable bonds is 5. The van der Waals surface area contributed by atoms with Crippen LogP contribution in [0.1, 0.15) is 19.8 Å². The van der Waals surface area contributed by atoms with Crippen LogP contribution in [0.15, 0.2) is 0 Å². The second-order valence-electron chi connectivity index (χ2n) is 5.89. The fourth-order valence-corrected chi connectivity index (χ4v) is 2.95. The van der Waals surface area contributed by atoms with Crippen molar-refractivity contribution in [3.05, 3.63) is 0 Å². The van der Waals surface area contributed by atoms with E-state index in [2.05, 4.69) is 29.1 Å². The van der Waals surface area contributed by atoms with E-state index in [1.165, 1.54) is 39.0 Å². The van der Waals surface area contributed by atoms with Gasteiger partial charge in [-0.05, 0) is 45.8 Å². The summed E-state index contributed by atoms with van der Waals surface area (Å²) in [4.78, 5) is 5.08. The molecule has 1 unspecified atom stereocenters. The van der Waals surface area contributed by atoms with E-state index in [-0.39, 0.29) is 0 Å². The second kappa shape index (κ2) is 7.43. The van der Waals surface area contributed by atoms with Crippen LogP contribution >= 0.6 is 0 Å². The zero-order valence-corrected chi connectivity index (χ0v) is 12.0. The maximum Gasteiger partial charge on any atom is 0.0594 e. The average molecular weight is 255 g/mol. The Kier molecular flexibility index (Phi) is 5.89. The highest BCUT2D eigenvalue weighted by molar-refractivity contribution is 4.76. The van der Waals surface area contributed by atoms with E-state index in [0.717, 1.165) is 32.2 Å². The Morgan fingerprint density at radius 1 is 1.28 bits per heavy atom. The molecule has 0 aromatic carbocycles. The summed E-state index contributed by atoms with van der Waals surface area (Å²) in [5.41, 5.74) is 0. The Labute approximate surface area is 112 Å². The normalized spacial score (nSPS) is 25.5. The summed E-state index contributed by atoms with van der Waals surface area (Å²) in [6.07, 6.45) is 2.68. The lowest BCUT2D eigenvalue weighted by molar-refractivity contribution is 0.0252. The molecule has 0 aromatic heterocycles. The molecule has 2 aliphatic heterocycles. The Morgan fingerprint density at radius 2 is 1.94 bits per heavy atom. The first kappa shape index (κ1) is 14.3. The molecule has 0 bridgehead atoms. The largest absolute Gasteiger partial charge is 0.379 e. The van der Waals surface area contributed by atoms with Gasteiger partial charge in [0.05, 0.1) is 13.2 Å². The van der Waals surface area contributed by atoms with Gasteiger partial charge < -0.3 is 15.0 Å². The predicted molar refractivity (Wildman–Crippen MR) is 74.9 cm³/mol. The van der Waals surface area contributed by atoms with Crippen molar-refractivity contribution >= 4 is 0 Å². The molecule has 0 aromatic rings. The molecule has 106 valence electrons. The molecule has 1 atom stereocenters. The van der Waals surface area contributed by atoms with Crippen molar-refractivity contribution in [2.45, 2.75) is 25.8 Å². The number of nitrogens with zero attached hydrogens (tertiary/aromatic N) is 2. The first-order valence-corrected chi connectivity index (χ1v) is 7.47. The molecule has 0 saturated carbocycles. The summed E-state index contributed by atoms with van der Waals surface area (Å²) in [6.45, 7) is 11.2. The van der Waals surface area contributed by atoms with Crippen LogP contribution in [-0.4, -0.2) is 75.4 Å². The van der Waals surface area contributed by atoms with Gasteiger partial charge >= 0.3 is 0 Å². The molecular weight excluding hydrogens is 226 g/mol. The Morgan fingerprint density at radius 3 is 2.61 bits per heavy atom. The number of hydrogen-bond acceptors (Lipinski definition) is 4. The maximum atomic E-state index is 5.40. The molecule has 18 heavy (non-hydrogen) atoms. The van der Waals surface area contributed by atoms with E-state index in [9.17, 15) is 0 Å². The molecule has 2 rings (SSSR count). The maximum absolute atomic E-state index is 5.40. The number of ether oxygens (including phenoxy) is 1. The fraction of sp³-hybridized carbons (Fsp3) is 1.00. The number of likely N-dealkylation sites (N-methyl/N-ethyl adjacent to an activating group) is 1. The highest BCUT2D eigenvalue weighted by Crippen LogP contribution is 2.14. The zero-order chi connectivity index (χ0) is 12.8. The minimum absolute atomic E-state index is 0.651. The molecule has 1 N–H and O–H groups in total. The van der Waals surface area contributed by atoms with Crippen molar-refractivity contribution in [1.82, 2.24) is 15.1 Å². The SMILES string of the molecule is CC(CN1CCOCC1)N(C)CC1CCNCC1. The van der Waals surface area contributed by atoms with Crippen LogP contribution in [0.4, 0.5) is 0 Å². The average Bonchev–Trinajstić information content (AvgIpc) is 2.41. The minimum Gasteiger partial charge on any atom is -0.379 e. The topological polar surface area (TPSA) is 27.7 Å². The first-order chi connectivity index (χ1) is 8.75. The summed E-state index contributed by atoms with van der Waals surface area (Å²) < 4.78 is 5.40. The highest BCUT2D eigenvalue weighted by atomic mass is 16.5. The number of nitrogens with one attached hydrogen (secondary N) is 1. The molecule has 0 amide bonds. The molecule has 0 radical (unpaired) electrons. The van der Waals surface area contributed by atoms with Crippen LogP contribution in [0.3, 0.4) is 0 Å².